The molecule has 2 fully saturated rings. The number of nitrogens with one attached hydrogen (secondary N) is 1. The van der Waals surface area contributed by atoms with Gasteiger partial charge in [-0.25, -0.2) is 0 Å². The maximum atomic E-state index is 6.17. The number of rotatable bonds is 5. The molecule has 7 heteroatoms. The van der Waals surface area contributed by atoms with E-state index in [2.05, 4.69) is 22.0 Å². The van der Waals surface area contributed by atoms with Gasteiger partial charge in [-0.3, -0.25) is 9.89 Å². The number of methoxy groups -OCH3 is 1. The summed E-state index contributed by atoms with van der Waals surface area (Å²) >= 11 is 2.07. The molecule has 0 amide bonds. The predicted octanol–water partition coefficient (Wildman–Crippen LogP) is 3.79. The SMILES string of the molecule is COc1ccc(NC(N)=NCC2(N3CCSCC3)CCCCC2)cc1.I. The molecular formula is C19H31IN4OS. The third-order valence-corrected chi connectivity index (χ3v) is 6.31. The summed E-state index contributed by atoms with van der Waals surface area (Å²) in [5.74, 6) is 3.82. The summed E-state index contributed by atoms with van der Waals surface area (Å²) in [6.07, 6.45) is 6.47. The van der Waals surface area contributed by atoms with Crippen LogP contribution in [-0.2, 0) is 0 Å². The second kappa shape index (κ2) is 10.6. The largest absolute Gasteiger partial charge is 0.497 e. The molecule has 1 heterocycles. The Morgan fingerprint density at radius 1 is 1.19 bits per heavy atom. The van der Waals surface area contributed by atoms with Crippen LogP contribution < -0.4 is 15.8 Å². The molecule has 1 saturated heterocycles. The first-order chi connectivity index (χ1) is 12.2. The van der Waals surface area contributed by atoms with Crippen molar-refractivity contribution in [1.82, 2.24) is 4.90 Å². The van der Waals surface area contributed by atoms with Crippen molar-refractivity contribution in [3.8, 4) is 5.75 Å². The summed E-state index contributed by atoms with van der Waals surface area (Å²) in [5, 5.41) is 3.20. The lowest BCUT2D eigenvalue weighted by atomic mass is 9.80. The minimum Gasteiger partial charge on any atom is -0.497 e. The highest BCUT2D eigenvalue weighted by Gasteiger charge is 2.38. The molecule has 3 rings (SSSR count). The van der Waals surface area contributed by atoms with E-state index in [1.165, 1.54) is 56.7 Å². The highest BCUT2D eigenvalue weighted by molar-refractivity contribution is 14.0. The molecule has 0 spiro atoms. The van der Waals surface area contributed by atoms with E-state index in [1.54, 1.807) is 7.11 Å². The average Bonchev–Trinajstić information content (AvgIpc) is 2.68. The van der Waals surface area contributed by atoms with E-state index in [4.69, 9.17) is 15.5 Å². The van der Waals surface area contributed by atoms with Crippen LogP contribution in [0.5, 0.6) is 5.75 Å². The first kappa shape index (κ1) is 21.6. The quantitative estimate of drug-likeness (QED) is 0.374. The van der Waals surface area contributed by atoms with E-state index in [9.17, 15) is 0 Å². The third-order valence-electron chi connectivity index (χ3n) is 5.37. The standard InChI is InChI=1S/C19H30N4OS.HI/c1-24-17-7-5-16(6-8-17)22-18(20)21-15-19(9-3-2-4-10-19)23-11-13-25-14-12-23;/h5-8H,2-4,9-15H2,1H3,(H3,20,21,22);1H. The number of ether oxygens (including phenoxy) is 1. The van der Waals surface area contributed by atoms with E-state index >= 15 is 0 Å². The van der Waals surface area contributed by atoms with Crippen LogP contribution in [0, 0.1) is 0 Å². The molecule has 146 valence electrons. The number of benzene rings is 1. The number of anilines is 1. The minimum atomic E-state index is 0. The molecule has 1 aromatic carbocycles. The monoisotopic (exact) mass is 490 g/mol. The number of aliphatic imine (C=N–C) groups is 1. The zero-order valence-electron chi connectivity index (χ0n) is 15.6. The Morgan fingerprint density at radius 2 is 1.85 bits per heavy atom. The number of guanidine groups is 1. The van der Waals surface area contributed by atoms with E-state index in [0.29, 0.717) is 5.96 Å². The molecule has 0 aromatic heterocycles. The van der Waals surface area contributed by atoms with Crippen molar-refractivity contribution in [1.29, 1.82) is 0 Å². The normalized spacial score (nSPS) is 20.9. The van der Waals surface area contributed by atoms with E-state index in [-0.39, 0.29) is 29.5 Å². The Bertz CT molecular complexity index is 569. The van der Waals surface area contributed by atoms with Gasteiger partial charge in [0.2, 0.25) is 0 Å². The van der Waals surface area contributed by atoms with Gasteiger partial charge in [0.15, 0.2) is 5.96 Å². The highest BCUT2D eigenvalue weighted by atomic mass is 127. The van der Waals surface area contributed by atoms with Gasteiger partial charge < -0.3 is 15.8 Å². The molecule has 0 unspecified atom stereocenters. The first-order valence-corrected chi connectivity index (χ1v) is 10.4. The fourth-order valence-corrected chi connectivity index (χ4v) is 4.82. The summed E-state index contributed by atoms with van der Waals surface area (Å²) in [5.41, 5.74) is 7.32. The first-order valence-electron chi connectivity index (χ1n) is 9.26. The van der Waals surface area contributed by atoms with Gasteiger partial charge in [0.25, 0.3) is 0 Å². The van der Waals surface area contributed by atoms with Crippen molar-refractivity contribution in [3.05, 3.63) is 24.3 Å². The van der Waals surface area contributed by atoms with Crippen LogP contribution >= 0.6 is 35.7 Å². The lowest BCUT2D eigenvalue weighted by Crippen LogP contribution is -2.55. The van der Waals surface area contributed by atoms with Crippen molar-refractivity contribution in [2.75, 3.05) is 43.6 Å². The van der Waals surface area contributed by atoms with Crippen LogP contribution in [0.4, 0.5) is 5.69 Å². The van der Waals surface area contributed by atoms with Gasteiger partial charge in [-0.1, -0.05) is 19.3 Å². The number of hydrogen-bond acceptors (Lipinski definition) is 4. The molecule has 0 radical (unpaired) electrons. The second-order valence-electron chi connectivity index (χ2n) is 6.94. The van der Waals surface area contributed by atoms with Gasteiger partial charge in [-0.15, -0.1) is 24.0 Å². The van der Waals surface area contributed by atoms with Crippen LogP contribution in [0.1, 0.15) is 32.1 Å². The van der Waals surface area contributed by atoms with Gasteiger partial charge in [0, 0.05) is 35.8 Å². The molecule has 0 atom stereocenters. The van der Waals surface area contributed by atoms with Gasteiger partial charge in [-0.05, 0) is 37.1 Å². The lowest BCUT2D eigenvalue weighted by Gasteiger charge is -2.47. The zero-order chi connectivity index (χ0) is 17.5. The summed E-state index contributed by atoms with van der Waals surface area (Å²) in [4.78, 5) is 7.42. The van der Waals surface area contributed by atoms with Gasteiger partial charge in [0.1, 0.15) is 5.75 Å². The van der Waals surface area contributed by atoms with Crippen molar-refractivity contribution in [2.24, 2.45) is 10.7 Å². The minimum absolute atomic E-state index is 0. The Kier molecular flexibility index (Phi) is 8.83. The van der Waals surface area contributed by atoms with Gasteiger partial charge >= 0.3 is 0 Å². The zero-order valence-corrected chi connectivity index (χ0v) is 18.7. The van der Waals surface area contributed by atoms with Gasteiger partial charge in [0.05, 0.1) is 13.7 Å². The fraction of sp³-hybridized carbons (Fsp3) is 0.632. The van der Waals surface area contributed by atoms with Crippen molar-refractivity contribution >= 4 is 47.4 Å². The van der Waals surface area contributed by atoms with E-state index < -0.39 is 0 Å². The molecule has 3 N–H and O–H groups in total. The van der Waals surface area contributed by atoms with Crippen LogP contribution in [0.2, 0.25) is 0 Å². The lowest BCUT2D eigenvalue weighted by molar-refractivity contribution is 0.0673. The molecule has 26 heavy (non-hydrogen) atoms. The Morgan fingerprint density at radius 3 is 2.46 bits per heavy atom. The van der Waals surface area contributed by atoms with Crippen molar-refractivity contribution < 1.29 is 4.74 Å². The maximum absolute atomic E-state index is 6.17. The molecular weight excluding hydrogens is 459 g/mol. The number of thioether (sulfide) groups is 1. The fourth-order valence-electron chi connectivity index (χ4n) is 3.92. The average molecular weight is 490 g/mol. The maximum Gasteiger partial charge on any atom is 0.193 e. The van der Waals surface area contributed by atoms with Crippen molar-refractivity contribution in [2.45, 2.75) is 37.6 Å². The van der Waals surface area contributed by atoms with Crippen LogP contribution in [0.25, 0.3) is 0 Å². The van der Waals surface area contributed by atoms with Crippen LogP contribution in [0.15, 0.2) is 29.3 Å². The molecule has 1 aliphatic carbocycles. The highest BCUT2D eigenvalue weighted by Crippen LogP contribution is 2.35. The topological polar surface area (TPSA) is 62.9 Å². The Balaban J connectivity index is 0.00000243. The van der Waals surface area contributed by atoms with Crippen LogP contribution in [0.3, 0.4) is 0 Å². The molecule has 1 aliphatic heterocycles. The number of hydrogen-bond donors (Lipinski definition) is 2. The van der Waals surface area contributed by atoms with Crippen LogP contribution in [-0.4, -0.2) is 54.6 Å². The smallest absolute Gasteiger partial charge is 0.193 e. The molecule has 2 aliphatic rings. The summed E-state index contributed by atoms with van der Waals surface area (Å²) in [7, 11) is 1.67. The molecule has 1 aromatic rings. The summed E-state index contributed by atoms with van der Waals surface area (Å²) < 4.78 is 5.18. The Hall–Kier alpha value is -0.670. The number of halogens is 1. The van der Waals surface area contributed by atoms with Gasteiger partial charge in [-0.2, -0.15) is 11.8 Å². The van der Waals surface area contributed by atoms with E-state index in [0.717, 1.165) is 18.0 Å². The third kappa shape index (κ3) is 5.66. The Labute approximate surface area is 178 Å². The summed E-state index contributed by atoms with van der Waals surface area (Å²) in [6, 6.07) is 7.76. The number of nitrogens with zero attached hydrogens (tertiary/aromatic N) is 2. The molecule has 5 nitrogen and oxygen atoms in total. The van der Waals surface area contributed by atoms with Crippen molar-refractivity contribution in [3.63, 3.8) is 0 Å². The second-order valence-corrected chi connectivity index (χ2v) is 8.16. The predicted molar refractivity (Wildman–Crippen MR) is 123 cm³/mol. The van der Waals surface area contributed by atoms with E-state index in [1.807, 2.05) is 24.3 Å². The molecule has 1 saturated carbocycles. The summed E-state index contributed by atoms with van der Waals surface area (Å²) in [6.45, 7) is 3.17. The molecule has 0 bridgehead atoms. The number of nitrogens with two attached hydrogens (primary N) is 1.